The van der Waals surface area contributed by atoms with E-state index in [0.717, 1.165) is 25.9 Å². The number of sulfonamides is 1. The molecular weight excluding hydrogens is 359 g/mol. The van der Waals surface area contributed by atoms with Gasteiger partial charge in [-0.2, -0.15) is 0 Å². The maximum absolute atomic E-state index is 12.3. The molecule has 0 aliphatic carbocycles. The highest BCUT2D eigenvalue weighted by atomic mass is 35.5. The van der Waals surface area contributed by atoms with Crippen LogP contribution >= 0.6 is 24.0 Å². The summed E-state index contributed by atoms with van der Waals surface area (Å²) in [5.74, 6) is -0.103. The van der Waals surface area contributed by atoms with Gasteiger partial charge in [-0.3, -0.25) is 0 Å². The van der Waals surface area contributed by atoms with E-state index in [1.807, 2.05) is 0 Å². The number of benzene rings is 1. The van der Waals surface area contributed by atoms with Crippen molar-refractivity contribution in [1.82, 2.24) is 10.0 Å². The van der Waals surface area contributed by atoms with Gasteiger partial charge in [-0.15, -0.1) is 12.4 Å². The van der Waals surface area contributed by atoms with Crippen LogP contribution in [0.2, 0.25) is 5.02 Å². The molecule has 0 spiro atoms. The van der Waals surface area contributed by atoms with Gasteiger partial charge >= 0.3 is 0 Å². The molecule has 1 aromatic carbocycles. The van der Waals surface area contributed by atoms with E-state index in [1.165, 1.54) is 0 Å². The molecular formula is C15H24Cl2N2O3S. The third-order valence-electron chi connectivity index (χ3n) is 4.09. The molecule has 1 aliphatic heterocycles. The van der Waals surface area contributed by atoms with E-state index in [1.54, 1.807) is 31.4 Å². The largest absolute Gasteiger partial charge is 0.384 e. The summed E-state index contributed by atoms with van der Waals surface area (Å²) in [6.07, 6.45) is 1.80. The van der Waals surface area contributed by atoms with Crippen LogP contribution in [-0.2, 0) is 20.5 Å². The zero-order valence-electron chi connectivity index (χ0n) is 13.2. The van der Waals surface area contributed by atoms with Gasteiger partial charge in [-0.1, -0.05) is 29.8 Å². The minimum atomic E-state index is -3.42. The average molecular weight is 383 g/mol. The molecule has 132 valence electrons. The normalized spacial score (nSPS) is 17.5. The van der Waals surface area contributed by atoms with Gasteiger partial charge in [0.05, 0.1) is 12.4 Å². The lowest BCUT2D eigenvalue weighted by molar-refractivity contribution is 0.0577. The van der Waals surface area contributed by atoms with Gasteiger partial charge in [0.15, 0.2) is 0 Å². The summed E-state index contributed by atoms with van der Waals surface area (Å²) in [4.78, 5) is 0. The molecule has 1 saturated heterocycles. The molecule has 0 radical (unpaired) electrons. The molecule has 2 rings (SSSR count). The summed E-state index contributed by atoms with van der Waals surface area (Å²) in [6, 6.07) is 7.01. The lowest BCUT2D eigenvalue weighted by Crippen LogP contribution is -2.47. The van der Waals surface area contributed by atoms with E-state index >= 15 is 0 Å². The van der Waals surface area contributed by atoms with Crippen LogP contribution in [0.1, 0.15) is 18.4 Å². The molecule has 0 saturated carbocycles. The molecule has 5 nitrogen and oxygen atoms in total. The first-order valence-electron chi connectivity index (χ1n) is 7.37. The third-order valence-corrected chi connectivity index (χ3v) is 5.73. The number of hydrogen-bond acceptors (Lipinski definition) is 4. The first kappa shape index (κ1) is 20.7. The van der Waals surface area contributed by atoms with Gasteiger partial charge in [-0.05, 0) is 37.6 Å². The van der Waals surface area contributed by atoms with Crippen molar-refractivity contribution in [2.75, 3.05) is 33.4 Å². The van der Waals surface area contributed by atoms with E-state index < -0.39 is 10.0 Å². The van der Waals surface area contributed by atoms with Gasteiger partial charge in [0.1, 0.15) is 0 Å². The minimum Gasteiger partial charge on any atom is -0.384 e. The molecule has 23 heavy (non-hydrogen) atoms. The van der Waals surface area contributed by atoms with Crippen molar-refractivity contribution in [3.8, 4) is 0 Å². The van der Waals surface area contributed by atoms with Crippen LogP contribution < -0.4 is 10.0 Å². The Morgan fingerprint density at radius 1 is 1.30 bits per heavy atom. The second kappa shape index (κ2) is 9.20. The van der Waals surface area contributed by atoms with Gasteiger partial charge in [0.25, 0.3) is 0 Å². The molecule has 8 heteroatoms. The van der Waals surface area contributed by atoms with Crippen LogP contribution in [0.5, 0.6) is 0 Å². The van der Waals surface area contributed by atoms with Crippen molar-refractivity contribution < 1.29 is 13.2 Å². The quantitative estimate of drug-likeness (QED) is 0.758. The average Bonchev–Trinajstić information content (AvgIpc) is 2.49. The van der Waals surface area contributed by atoms with Crippen LogP contribution in [-0.4, -0.2) is 41.8 Å². The Balaban J connectivity index is 0.00000264. The van der Waals surface area contributed by atoms with Gasteiger partial charge in [-0.25, -0.2) is 13.1 Å². The highest BCUT2D eigenvalue weighted by molar-refractivity contribution is 7.88. The summed E-state index contributed by atoms with van der Waals surface area (Å²) in [5, 5.41) is 3.77. The molecule has 2 N–H and O–H groups in total. The molecule has 0 unspecified atom stereocenters. The highest BCUT2D eigenvalue weighted by Crippen LogP contribution is 2.28. The van der Waals surface area contributed by atoms with E-state index in [0.29, 0.717) is 23.7 Å². The van der Waals surface area contributed by atoms with E-state index in [9.17, 15) is 8.42 Å². The second-order valence-electron chi connectivity index (χ2n) is 5.85. The molecule has 0 bridgehead atoms. The Kier molecular flexibility index (Phi) is 8.27. The first-order valence-corrected chi connectivity index (χ1v) is 9.40. The van der Waals surface area contributed by atoms with Crippen LogP contribution in [0, 0.1) is 5.41 Å². The van der Waals surface area contributed by atoms with Gasteiger partial charge < -0.3 is 10.1 Å². The van der Waals surface area contributed by atoms with Gasteiger partial charge in [0.2, 0.25) is 10.0 Å². The number of ether oxygens (including phenoxy) is 1. The third kappa shape index (κ3) is 6.21. The topological polar surface area (TPSA) is 67.4 Å². The molecule has 0 aromatic heterocycles. The predicted molar refractivity (Wildman–Crippen MR) is 95.7 cm³/mol. The lowest BCUT2D eigenvalue weighted by Gasteiger charge is -2.37. The summed E-state index contributed by atoms with van der Waals surface area (Å²) in [5.41, 5.74) is 0.482. The predicted octanol–water partition coefficient (Wildman–Crippen LogP) is 2.20. The zero-order chi connectivity index (χ0) is 16.1. The number of rotatable bonds is 7. The van der Waals surface area contributed by atoms with E-state index in [-0.39, 0.29) is 23.6 Å². The van der Waals surface area contributed by atoms with Crippen molar-refractivity contribution in [2.24, 2.45) is 5.41 Å². The number of methoxy groups -OCH3 is 1. The number of nitrogens with one attached hydrogen (secondary N) is 2. The van der Waals surface area contributed by atoms with Gasteiger partial charge in [0, 0.05) is 24.1 Å². The van der Waals surface area contributed by atoms with Crippen LogP contribution in [0.4, 0.5) is 0 Å². The van der Waals surface area contributed by atoms with Crippen molar-refractivity contribution in [3.63, 3.8) is 0 Å². The minimum absolute atomic E-state index is 0. The Bertz CT molecular complexity index is 585. The molecule has 1 fully saturated rings. The van der Waals surface area contributed by atoms with Crippen LogP contribution in [0.15, 0.2) is 24.3 Å². The fourth-order valence-corrected chi connectivity index (χ4v) is 4.34. The lowest BCUT2D eigenvalue weighted by atomic mass is 9.80. The van der Waals surface area contributed by atoms with Crippen molar-refractivity contribution in [2.45, 2.75) is 18.6 Å². The second-order valence-corrected chi connectivity index (χ2v) is 8.07. The van der Waals surface area contributed by atoms with Crippen LogP contribution in [0.25, 0.3) is 0 Å². The fraction of sp³-hybridized carbons (Fsp3) is 0.600. The zero-order valence-corrected chi connectivity index (χ0v) is 15.6. The van der Waals surface area contributed by atoms with Crippen molar-refractivity contribution in [3.05, 3.63) is 34.9 Å². The smallest absolute Gasteiger partial charge is 0.215 e. The summed E-state index contributed by atoms with van der Waals surface area (Å²) >= 11 is 6.04. The fourth-order valence-electron chi connectivity index (χ4n) is 2.77. The summed E-state index contributed by atoms with van der Waals surface area (Å²) in [6.45, 7) is 2.73. The monoisotopic (exact) mass is 382 g/mol. The number of halogens is 2. The summed E-state index contributed by atoms with van der Waals surface area (Å²) in [7, 11) is -1.77. The maximum atomic E-state index is 12.3. The summed E-state index contributed by atoms with van der Waals surface area (Å²) < 4.78 is 32.7. The molecule has 1 heterocycles. The number of hydrogen-bond donors (Lipinski definition) is 2. The Morgan fingerprint density at radius 3 is 2.57 bits per heavy atom. The SMILES string of the molecule is COCC1(CNS(=O)(=O)Cc2ccccc2Cl)CCNCC1.Cl. The standard InChI is InChI=1S/C15H23ClN2O3S.ClH/c1-21-12-15(6-8-17-9-7-15)11-18-22(19,20)10-13-4-2-3-5-14(13)16;/h2-5,17-18H,6-12H2,1H3;1H. The van der Waals surface area contributed by atoms with Crippen molar-refractivity contribution >= 4 is 34.0 Å². The molecule has 1 aliphatic rings. The molecule has 0 atom stereocenters. The van der Waals surface area contributed by atoms with Crippen molar-refractivity contribution in [1.29, 1.82) is 0 Å². The van der Waals surface area contributed by atoms with Crippen LogP contribution in [0.3, 0.4) is 0 Å². The molecule has 1 aromatic rings. The Hall–Kier alpha value is -0.370. The maximum Gasteiger partial charge on any atom is 0.215 e. The Morgan fingerprint density at radius 2 is 1.96 bits per heavy atom. The first-order chi connectivity index (χ1) is 10.5. The van der Waals surface area contributed by atoms with E-state index in [4.69, 9.17) is 16.3 Å². The highest BCUT2D eigenvalue weighted by Gasteiger charge is 2.33. The molecule has 0 amide bonds. The Labute approximate surface area is 149 Å². The van der Waals surface area contributed by atoms with E-state index in [2.05, 4.69) is 10.0 Å². The number of piperidine rings is 1.